The van der Waals surface area contributed by atoms with Crippen LogP contribution < -0.4 is 0 Å². The molecule has 142 valence electrons. The van der Waals surface area contributed by atoms with Crippen LogP contribution in [0.2, 0.25) is 0 Å². The molecule has 2 fully saturated rings. The topological polar surface area (TPSA) is 45.7 Å². The SMILES string of the molecule is Cc1ccc(-c2ccc(C(=O)N3CCC(N4CCOCC4)CC3)cn2)cc1. The number of amides is 1. The van der Waals surface area contributed by atoms with Gasteiger partial charge in [-0.05, 0) is 31.9 Å². The second-order valence-electron chi connectivity index (χ2n) is 7.47. The number of piperidine rings is 1. The molecule has 5 nitrogen and oxygen atoms in total. The lowest BCUT2D eigenvalue weighted by Gasteiger charge is -2.40. The molecular formula is C22H27N3O2. The largest absolute Gasteiger partial charge is 0.379 e. The first-order valence-electron chi connectivity index (χ1n) is 9.85. The van der Waals surface area contributed by atoms with E-state index in [9.17, 15) is 4.79 Å². The van der Waals surface area contributed by atoms with E-state index in [1.165, 1.54) is 5.56 Å². The number of carbonyl (C=O) groups is 1. The molecule has 1 aromatic heterocycles. The summed E-state index contributed by atoms with van der Waals surface area (Å²) in [5, 5.41) is 0. The molecule has 3 heterocycles. The molecule has 0 spiro atoms. The van der Waals surface area contributed by atoms with E-state index < -0.39 is 0 Å². The third-order valence-electron chi connectivity index (χ3n) is 5.67. The van der Waals surface area contributed by atoms with Crippen molar-refractivity contribution in [2.45, 2.75) is 25.8 Å². The summed E-state index contributed by atoms with van der Waals surface area (Å²) in [6, 6.07) is 12.7. The molecule has 0 radical (unpaired) electrons. The zero-order valence-electron chi connectivity index (χ0n) is 15.9. The van der Waals surface area contributed by atoms with Crippen molar-refractivity contribution in [2.24, 2.45) is 0 Å². The summed E-state index contributed by atoms with van der Waals surface area (Å²) in [5.74, 6) is 0.0957. The normalized spacial score (nSPS) is 19.2. The molecule has 0 saturated carbocycles. The molecular weight excluding hydrogens is 338 g/mol. The highest BCUT2D eigenvalue weighted by molar-refractivity contribution is 5.94. The molecule has 5 heteroatoms. The number of likely N-dealkylation sites (tertiary alicyclic amines) is 1. The summed E-state index contributed by atoms with van der Waals surface area (Å²) in [5.41, 5.74) is 3.88. The Hall–Kier alpha value is -2.24. The highest BCUT2D eigenvalue weighted by Gasteiger charge is 2.28. The minimum absolute atomic E-state index is 0.0957. The lowest BCUT2D eigenvalue weighted by Crippen LogP contribution is -2.50. The van der Waals surface area contributed by atoms with Gasteiger partial charge in [0, 0.05) is 44.0 Å². The zero-order valence-corrected chi connectivity index (χ0v) is 15.9. The monoisotopic (exact) mass is 365 g/mol. The van der Waals surface area contributed by atoms with Crippen molar-refractivity contribution < 1.29 is 9.53 Å². The molecule has 4 rings (SSSR count). The standard InChI is InChI=1S/C22H27N3O2/c1-17-2-4-18(5-3-17)21-7-6-19(16-23-21)22(26)25-10-8-20(9-11-25)24-12-14-27-15-13-24/h2-7,16,20H,8-15H2,1H3. The number of hydrogen-bond donors (Lipinski definition) is 0. The molecule has 27 heavy (non-hydrogen) atoms. The van der Waals surface area contributed by atoms with E-state index in [2.05, 4.69) is 41.1 Å². The average Bonchev–Trinajstić information content (AvgIpc) is 2.75. The van der Waals surface area contributed by atoms with Crippen LogP contribution in [0.3, 0.4) is 0 Å². The van der Waals surface area contributed by atoms with E-state index in [4.69, 9.17) is 4.74 Å². The minimum Gasteiger partial charge on any atom is -0.379 e. The summed E-state index contributed by atoms with van der Waals surface area (Å²) in [4.78, 5) is 21.8. The summed E-state index contributed by atoms with van der Waals surface area (Å²) in [6.45, 7) is 7.41. The first-order valence-corrected chi connectivity index (χ1v) is 9.85. The summed E-state index contributed by atoms with van der Waals surface area (Å²) in [7, 11) is 0. The van der Waals surface area contributed by atoms with Crippen molar-refractivity contribution in [3.05, 3.63) is 53.7 Å². The van der Waals surface area contributed by atoms with Gasteiger partial charge in [-0.1, -0.05) is 29.8 Å². The molecule has 2 aromatic rings. The molecule has 0 bridgehead atoms. The Bertz CT molecular complexity index is 759. The number of hydrogen-bond acceptors (Lipinski definition) is 4. The molecule has 2 saturated heterocycles. The molecule has 1 amide bonds. The van der Waals surface area contributed by atoms with E-state index in [-0.39, 0.29) is 5.91 Å². The van der Waals surface area contributed by atoms with Crippen LogP contribution in [0, 0.1) is 6.92 Å². The number of rotatable bonds is 3. The molecule has 0 atom stereocenters. The molecule has 2 aliphatic heterocycles. The Morgan fingerprint density at radius 2 is 1.70 bits per heavy atom. The van der Waals surface area contributed by atoms with Gasteiger partial charge in [-0.25, -0.2) is 0 Å². The molecule has 1 aromatic carbocycles. The number of ether oxygens (including phenoxy) is 1. The van der Waals surface area contributed by atoms with Crippen molar-refractivity contribution in [3.8, 4) is 11.3 Å². The van der Waals surface area contributed by atoms with E-state index in [1.807, 2.05) is 17.0 Å². The quantitative estimate of drug-likeness (QED) is 0.839. The van der Waals surface area contributed by atoms with Crippen LogP contribution in [0.15, 0.2) is 42.6 Å². The van der Waals surface area contributed by atoms with Gasteiger partial charge < -0.3 is 9.64 Å². The highest BCUT2D eigenvalue weighted by Crippen LogP contribution is 2.21. The summed E-state index contributed by atoms with van der Waals surface area (Å²) < 4.78 is 5.44. The Kier molecular flexibility index (Phi) is 5.50. The number of aryl methyl sites for hydroxylation is 1. The van der Waals surface area contributed by atoms with Crippen LogP contribution in [-0.4, -0.2) is 66.1 Å². The fourth-order valence-electron chi connectivity index (χ4n) is 3.97. The van der Waals surface area contributed by atoms with Crippen LogP contribution in [-0.2, 0) is 4.74 Å². The highest BCUT2D eigenvalue weighted by atomic mass is 16.5. The second kappa shape index (κ2) is 8.19. The molecule has 0 unspecified atom stereocenters. The number of aromatic nitrogens is 1. The van der Waals surface area contributed by atoms with Gasteiger partial charge in [0.1, 0.15) is 0 Å². The third kappa shape index (κ3) is 4.20. The van der Waals surface area contributed by atoms with Crippen molar-refractivity contribution in [2.75, 3.05) is 39.4 Å². The van der Waals surface area contributed by atoms with Gasteiger partial charge in [0.25, 0.3) is 5.91 Å². The van der Waals surface area contributed by atoms with E-state index in [0.717, 1.165) is 63.5 Å². The Labute approximate surface area is 161 Å². The fraction of sp³-hybridized carbons (Fsp3) is 0.455. The first-order chi connectivity index (χ1) is 13.2. The molecule has 0 N–H and O–H groups in total. The predicted molar refractivity (Wildman–Crippen MR) is 106 cm³/mol. The second-order valence-corrected chi connectivity index (χ2v) is 7.47. The van der Waals surface area contributed by atoms with Gasteiger partial charge in [-0.15, -0.1) is 0 Å². The first kappa shape index (κ1) is 18.1. The van der Waals surface area contributed by atoms with Gasteiger partial charge in [0.05, 0.1) is 24.5 Å². The number of pyridine rings is 1. The van der Waals surface area contributed by atoms with E-state index in [1.54, 1.807) is 6.20 Å². The van der Waals surface area contributed by atoms with Gasteiger partial charge in [-0.2, -0.15) is 0 Å². The lowest BCUT2D eigenvalue weighted by atomic mass is 10.0. The van der Waals surface area contributed by atoms with Crippen LogP contribution in [0.25, 0.3) is 11.3 Å². The average molecular weight is 365 g/mol. The smallest absolute Gasteiger partial charge is 0.255 e. The Morgan fingerprint density at radius 3 is 2.33 bits per heavy atom. The molecule has 2 aliphatic rings. The van der Waals surface area contributed by atoms with Gasteiger partial charge in [-0.3, -0.25) is 14.7 Å². The number of nitrogens with zero attached hydrogens (tertiary/aromatic N) is 3. The van der Waals surface area contributed by atoms with Crippen molar-refractivity contribution in [3.63, 3.8) is 0 Å². The third-order valence-corrected chi connectivity index (χ3v) is 5.67. The number of benzene rings is 1. The maximum atomic E-state index is 12.8. The minimum atomic E-state index is 0.0957. The number of morpholine rings is 1. The number of carbonyl (C=O) groups excluding carboxylic acids is 1. The van der Waals surface area contributed by atoms with Crippen LogP contribution >= 0.6 is 0 Å². The van der Waals surface area contributed by atoms with Crippen LogP contribution in [0.4, 0.5) is 0 Å². The summed E-state index contributed by atoms with van der Waals surface area (Å²) >= 11 is 0. The lowest BCUT2D eigenvalue weighted by molar-refractivity contribution is 0.00158. The van der Waals surface area contributed by atoms with Crippen molar-refractivity contribution in [1.82, 2.24) is 14.8 Å². The van der Waals surface area contributed by atoms with Gasteiger partial charge in [0.2, 0.25) is 0 Å². The summed E-state index contributed by atoms with van der Waals surface area (Å²) in [6.07, 6.45) is 3.80. The predicted octanol–water partition coefficient (Wildman–Crippen LogP) is 2.99. The van der Waals surface area contributed by atoms with E-state index in [0.29, 0.717) is 11.6 Å². The zero-order chi connectivity index (χ0) is 18.6. The van der Waals surface area contributed by atoms with Gasteiger partial charge >= 0.3 is 0 Å². The fourth-order valence-corrected chi connectivity index (χ4v) is 3.97. The van der Waals surface area contributed by atoms with E-state index >= 15 is 0 Å². The Morgan fingerprint density at radius 1 is 1.00 bits per heavy atom. The van der Waals surface area contributed by atoms with Crippen LogP contribution in [0.1, 0.15) is 28.8 Å². The maximum absolute atomic E-state index is 12.8. The van der Waals surface area contributed by atoms with Crippen molar-refractivity contribution in [1.29, 1.82) is 0 Å². The molecule has 0 aliphatic carbocycles. The van der Waals surface area contributed by atoms with Gasteiger partial charge in [0.15, 0.2) is 0 Å². The Balaban J connectivity index is 1.36. The van der Waals surface area contributed by atoms with Crippen LogP contribution in [0.5, 0.6) is 0 Å². The van der Waals surface area contributed by atoms with Crippen molar-refractivity contribution >= 4 is 5.91 Å². The maximum Gasteiger partial charge on any atom is 0.255 e.